The first-order valence-electron chi connectivity index (χ1n) is 16.1. The monoisotopic (exact) mass is 642 g/mol. The zero-order chi connectivity index (χ0) is 26.8. The van der Waals surface area contributed by atoms with Gasteiger partial charge in [-0.15, -0.1) is 0 Å². The average Bonchev–Trinajstić information content (AvgIpc) is 3.19. The Morgan fingerprint density at radius 1 is 0.973 bits per heavy atom. The quantitative estimate of drug-likeness (QED) is 0.127. The summed E-state index contributed by atoms with van der Waals surface area (Å²) in [6, 6.07) is 0. The summed E-state index contributed by atoms with van der Waals surface area (Å²) < 4.78 is 6.10. The lowest BCUT2D eigenvalue weighted by molar-refractivity contribution is -0.158. The normalized spacial score (nSPS) is 44.0. The van der Waals surface area contributed by atoms with E-state index in [-0.39, 0.29) is 21.8 Å². The largest absolute Gasteiger partial charge is 0.462 e. The van der Waals surface area contributed by atoms with Crippen LogP contribution in [0.4, 0.5) is 0 Å². The van der Waals surface area contributed by atoms with Gasteiger partial charge in [0.15, 0.2) is 0 Å². The predicted molar refractivity (Wildman–Crippen MR) is 163 cm³/mol. The molecule has 2 nitrogen and oxygen atoms in total. The summed E-state index contributed by atoms with van der Waals surface area (Å²) in [6.07, 6.45) is 21.8. The Balaban J connectivity index is 1.40. The molecule has 4 saturated carbocycles. The minimum absolute atomic E-state index is 0.00894. The number of fused-ring (bicyclic) bond motifs is 5. The third-order valence-corrected chi connectivity index (χ3v) is 15.9. The van der Waals surface area contributed by atoms with E-state index in [2.05, 4.69) is 66.5 Å². The van der Waals surface area contributed by atoms with Gasteiger partial charge in [-0.2, -0.15) is 0 Å². The fraction of sp³-hybridized carbons (Fsp3) is 0.970. The minimum atomic E-state index is 0.00894. The fourth-order valence-electron chi connectivity index (χ4n) is 9.66. The second kappa shape index (κ2) is 12.5. The number of carbonyl (C=O) groups is 1. The van der Waals surface area contributed by atoms with Gasteiger partial charge in [-0.05, 0) is 91.8 Å². The van der Waals surface area contributed by atoms with Crippen LogP contribution in [-0.4, -0.2) is 21.2 Å². The van der Waals surface area contributed by atoms with Gasteiger partial charge in [-0.3, -0.25) is 4.79 Å². The molecule has 0 radical (unpaired) electrons. The Morgan fingerprint density at radius 2 is 1.70 bits per heavy atom. The second-order valence-electron chi connectivity index (χ2n) is 14.3. The molecule has 4 aliphatic carbocycles. The Labute approximate surface area is 245 Å². The molecule has 4 rings (SSSR count). The van der Waals surface area contributed by atoms with Crippen LogP contribution in [0.2, 0.25) is 0 Å². The molecular formula is C33H56Br2O2. The number of hydrogen-bond donors (Lipinski definition) is 0. The summed E-state index contributed by atoms with van der Waals surface area (Å²) in [6.45, 7) is 11.9. The molecule has 10 atom stereocenters. The molecule has 0 bridgehead atoms. The van der Waals surface area contributed by atoms with E-state index < -0.39 is 0 Å². The predicted octanol–water partition coefficient (Wildman–Crippen LogP) is 10.6. The molecule has 0 spiro atoms. The van der Waals surface area contributed by atoms with E-state index in [0.717, 1.165) is 42.9 Å². The van der Waals surface area contributed by atoms with Gasteiger partial charge in [0, 0.05) is 22.0 Å². The van der Waals surface area contributed by atoms with Crippen molar-refractivity contribution in [3.05, 3.63) is 0 Å². The molecule has 0 saturated heterocycles. The van der Waals surface area contributed by atoms with Crippen LogP contribution in [-0.2, 0) is 9.53 Å². The van der Waals surface area contributed by atoms with Crippen LogP contribution in [0.25, 0.3) is 0 Å². The summed E-state index contributed by atoms with van der Waals surface area (Å²) in [5.41, 5.74) is 0.824. The van der Waals surface area contributed by atoms with Crippen molar-refractivity contribution in [2.45, 2.75) is 159 Å². The van der Waals surface area contributed by atoms with Gasteiger partial charge in [0.25, 0.3) is 0 Å². The topological polar surface area (TPSA) is 26.3 Å². The molecule has 37 heavy (non-hydrogen) atoms. The van der Waals surface area contributed by atoms with Crippen molar-refractivity contribution in [1.29, 1.82) is 0 Å². The van der Waals surface area contributed by atoms with E-state index in [1.54, 1.807) is 0 Å². The van der Waals surface area contributed by atoms with Gasteiger partial charge in [0.1, 0.15) is 6.10 Å². The van der Waals surface area contributed by atoms with Crippen LogP contribution in [0.15, 0.2) is 0 Å². The third kappa shape index (κ3) is 5.92. The number of carbonyl (C=O) groups excluding carboxylic acids is 1. The van der Waals surface area contributed by atoms with Crippen molar-refractivity contribution in [3.8, 4) is 0 Å². The molecule has 4 fully saturated rings. The summed E-state index contributed by atoms with van der Waals surface area (Å²) >= 11 is 8.61. The molecule has 0 aromatic rings. The van der Waals surface area contributed by atoms with E-state index in [9.17, 15) is 4.79 Å². The number of esters is 1. The van der Waals surface area contributed by atoms with Gasteiger partial charge in [-0.25, -0.2) is 0 Å². The lowest BCUT2D eigenvalue weighted by atomic mass is 9.44. The zero-order valence-corrected chi connectivity index (χ0v) is 27.8. The highest BCUT2D eigenvalue weighted by atomic mass is 79.9. The number of ether oxygens (including phenoxy) is 1. The maximum absolute atomic E-state index is 12.6. The Morgan fingerprint density at radius 3 is 2.43 bits per heavy atom. The highest BCUT2D eigenvalue weighted by molar-refractivity contribution is 9.12. The standard InChI is InChI=1S/C33H56Br2O2/c1-6-8-9-10-11-12-13-24-14-15-27-26-21-29(34)33(35)22-25(37-30(36)20-23(3)7-2)16-19-32(33,5)28(26)17-18-31(24,27)4/h23-29H,6-22H2,1-5H3/t23-,24+,25-,26-,27+,28-,29-,31+,32+,33+/m0/s1. The number of rotatable bonds is 11. The number of halogens is 2. The van der Waals surface area contributed by atoms with E-state index in [4.69, 9.17) is 4.74 Å². The molecular weight excluding hydrogens is 588 g/mol. The van der Waals surface area contributed by atoms with Crippen LogP contribution in [0.5, 0.6) is 0 Å². The molecule has 214 valence electrons. The Bertz CT molecular complexity index is 771. The average molecular weight is 645 g/mol. The summed E-state index contributed by atoms with van der Waals surface area (Å²) in [5.74, 6) is 3.90. The van der Waals surface area contributed by atoms with Crippen LogP contribution >= 0.6 is 31.9 Å². The van der Waals surface area contributed by atoms with Crippen molar-refractivity contribution < 1.29 is 9.53 Å². The van der Waals surface area contributed by atoms with Crippen LogP contribution in [0, 0.1) is 40.4 Å². The van der Waals surface area contributed by atoms with Crippen molar-refractivity contribution in [2.24, 2.45) is 40.4 Å². The van der Waals surface area contributed by atoms with E-state index in [0.29, 0.717) is 22.6 Å². The first-order valence-corrected chi connectivity index (χ1v) is 17.8. The smallest absolute Gasteiger partial charge is 0.306 e. The van der Waals surface area contributed by atoms with Crippen LogP contribution < -0.4 is 0 Å². The SMILES string of the molecule is CCCCCCCC[C@@H]1CC[C@@H]2[C@@H]3C[C@H](Br)[C@]4(Br)C[C@@H](OC(=O)C[C@@H](C)CC)CC[C@]4(C)[C@H]3CC[C@]12C. The van der Waals surface area contributed by atoms with Crippen molar-refractivity contribution >= 4 is 37.8 Å². The van der Waals surface area contributed by atoms with Crippen molar-refractivity contribution in [1.82, 2.24) is 0 Å². The lowest BCUT2D eigenvalue weighted by Gasteiger charge is -2.65. The third-order valence-electron chi connectivity index (χ3n) is 12.3. The fourth-order valence-corrected chi connectivity index (χ4v) is 11.8. The van der Waals surface area contributed by atoms with Gasteiger partial charge < -0.3 is 4.74 Å². The van der Waals surface area contributed by atoms with Gasteiger partial charge in [-0.1, -0.05) is 111 Å². The maximum atomic E-state index is 12.6. The Hall–Kier alpha value is 0.430. The summed E-state index contributed by atoms with van der Waals surface area (Å²) in [5, 5.41) is 0. The molecule has 0 aromatic heterocycles. The molecule has 4 heteroatoms. The molecule has 0 aromatic carbocycles. The summed E-state index contributed by atoms with van der Waals surface area (Å²) in [7, 11) is 0. The van der Waals surface area contributed by atoms with Gasteiger partial charge in [0.05, 0.1) is 0 Å². The summed E-state index contributed by atoms with van der Waals surface area (Å²) in [4.78, 5) is 13.1. The van der Waals surface area contributed by atoms with E-state index in [1.807, 2.05) is 0 Å². The highest BCUT2D eigenvalue weighted by Gasteiger charge is 2.66. The zero-order valence-electron chi connectivity index (χ0n) is 24.6. The lowest BCUT2D eigenvalue weighted by Crippen LogP contribution is -2.64. The first-order chi connectivity index (χ1) is 17.6. The highest BCUT2D eigenvalue weighted by Crippen LogP contribution is 2.71. The first kappa shape index (κ1) is 30.4. The molecule has 0 heterocycles. The van der Waals surface area contributed by atoms with Gasteiger partial charge >= 0.3 is 5.97 Å². The second-order valence-corrected chi connectivity index (χ2v) is 16.8. The number of hydrogen-bond acceptors (Lipinski definition) is 2. The molecule has 0 unspecified atom stereocenters. The van der Waals surface area contributed by atoms with E-state index >= 15 is 0 Å². The van der Waals surface area contributed by atoms with E-state index in [1.165, 1.54) is 83.5 Å². The van der Waals surface area contributed by atoms with Crippen molar-refractivity contribution in [2.75, 3.05) is 0 Å². The molecule has 0 aliphatic heterocycles. The Kier molecular flexibility index (Phi) is 10.3. The maximum Gasteiger partial charge on any atom is 0.306 e. The van der Waals surface area contributed by atoms with Gasteiger partial charge in [0.2, 0.25) is 0 Å². The molecule has 0 N–H and O–H groups in total. The molecule has 0 amide bonds. The van der Waals surface area contributed by atoms with Crippen LogP contribution in [0.3, 0.4) is 0 Å². The molecule has 4 aliphatic rings. The van der Waals surface area contributed by atoms with Crippen molar-refractivity contribution in [3.63, 3.8) is 0 Å². The number of unbranched alkanes of at least 4 members (excludes halogenated alkanes) is 5. The number of alkyl halides is 2. The van der Waals surface area contributed by atoms with Crippen LogP contribution in [0.1, 0.15) is 144 Å². The minimum Gasteiger partial charge on any atom is -0.462 e.